The third kappa shape index (κ3) is 3.26. The SMILES string of the molecule is Cc1sc(-c2c(-c3ccc4c(c3)C(CN)=NCC4=O)cnn2C)c(C#N)c1OC1CC1. The van der Waals surface area contributed by atoms with Crippen molar-refractivity contribution >= 4 is 22.8 Å². The van der Waals surface area contributed by atoms with Crippen LogP contribution in [0.4, 0.5) is 0 Å². The van der Waals surface area contributed by atoms with Crippen molar-refractivity contribution in [2.45, 2.75) is 25.9 Å². The molecule has 3 aromatic rings. The number of nitrogens with zero attached hydrogens (tertiary/aromatic N) is 4. The van der Waals surface area contributed by atoms with E-state index in [2.05, 4.69) is 16.2 Å². The molecule has 0 atom stereocenters. The Balaban J connectivity index is 1.65. The second-order valence-corrected chi connectivity index (χ2v) is 9.03. The van der Waals surface area contributed by atoms with Gasteiger partial charge in [0.2, 0.25) is 0 Å². The highest BCUT2D eigenvalue weighted by Gasteiger charge is 2.30. The van der Waals surface area contributed by atoms with Gasteiger partial charge in [0.25, 0.3) is 0 Å². The predicted octanol–water partition coefficient (Wildman–Crippen LogP) is 3.48. The number of aryl methyl sites for hydroxylation is 2. The van der Waals surface area contributed by atoms with Crippen LogP contribution >= 0.6 is 11.3 Å². The van der Waals surface area contributed by atoms with Gasteiger partial charge in [0.15, 0.2) is 11.5 Å². The van der Waals surface area contributed by atoms with Crippen molar-refractivity contribution in [3.8, 4) is 33.5 Å². The molecule has 156 valence electrons. The lowest BCUT2D eigenvalue weighted by Crippen LogP contribution is -2.24. The molecule has 31 heavy (non-hydrogen) atoms. The molecular weight excluding hydrogens is 410 g/mol. The summed E-state index contributed by atoms with van der Waals surface area (Å²) in [4.78, 5) is 18.4. The van der Waals surface area contributed by atoms with E-state index >= 15 is 0 Å². The predicted molar refractivity (Wildman–Crippen MR) is 120 cm³/mol. The number of benzene rings is 1. The molecule has 5 rings (SSSR count). The van der Waals surface area contributed by atoms with E-state index in [4.69, 9.17) is 10.5 Å². The third-order valence-corrected chi connectivity index (χ3v) is 6.75. The summed E-state index contributed by atoms with van der Waals surface area (Å²) >= 11 is 1.54. The van der Waals surface area contributed by atoms with Crippen molar-refractivity contribution in [2.75, 3.05) is 13.1 Å². The average Bonchev–Trinajstić information content (AvgIpc) is 3.43. The fraction of sp³-hybridized carbons (Fsp3) is 0.304. The molecule has 0 saturated heterocycles. The molecule has 0 bridgehead atoms. The first-order chi connectivity index (χ1) is 15.0. The molecule has 3 heterocycles. The normalized spacial score (nSPS) is 15.4. The van der Waals surface area contributed by atoms with Crippen molar-refractivity contribution in [1.82, 2.24) is 9.78 Å². The fourth-order valence-electron chi connectivity index (χ4n) is 3.92. The minimum Gasteiger partial charge on any atom is -0.488 e. The van der Waals surface area contributed by atoms with Gasteiger partial charge in [-0.3, -0.25) is 14.5 Å². The summed E-state index contributed by atoms with van der Waals surface area (Å²) in [7, 11) is 1.87. The first-order valence-electron chi connectivity index (χ1n) is 10.2. The highest BCUT2D eigenvalue weighted by molar-refractivity contribution is 7.16. The van der Waals surface area contributed by atoms with E-state index < -0.39 is 0 Å². The quantitative estimate of drug-likeness (QED) is 0.666. The Labute approximate surface area is 183 Å². The summed E-state index contributed by atoms with van der Waals surface area (Å²) in [5.74, 6) is 0.679. The van der Waals surface area contributed by atoms with Crippen LogP contribution in [0.3, 0.4) is 0 Å². The first kappa shape index (κ1) is 19.7. The van der Waals surface area contributed by atoms with E-state index in [1.54, 1.807) is 22.2 Å². The Morgan fingerprint density at radius 2 is 2.13 bits per heavy atom. The zero-order chi connectivity index (χ0) is 21.7. The van der Waals surface area contributed by atoms with E-state index in [0.29, 0.717) is 16.9 Å². The van der Waals surface area contributed by atoms with Gasteiger partial charge in [0.05, 0.1) is 28.6 Å². The largest absolute Gasteiger partial charge is 0.488 e. The molecule has 7 nitrogen and oxygen atoms in total. The van der Waals surface area contributed by atoms with Gasteiger partial charge in [-0.05, 0) is 31.4 Å². The molecule has 0 radical (unpaired) electrons. The summed E-state index contributed by atoms with van der Waals surface area (Å²) in [6.07, 6.45) is 4.07. The number of rotatable bonds is 5. The molecule has 0 spiro atoms. The molecule has 1 aromatic carbocycles. The van der Waals surface area contributed by atoms with Gasteiger partial charge in [-0.25, -0.2) is 0 Å². The number of Topliss-reactive ketones (excluding diaryl/α,β-unsaturated/α-hetero) is 1. The average molecular weight is 432 g/mol. The topological polar surface area (TPSA) is 106 Å². The van der Waals surface area contributed by atoms with Gasteiger partial charge in [-0.1, -0.05) is 12.1 Å². The van der Waals surface area contributed by atoms with E-state index in [1.165, 1.54) is 0 Å². The zero-order valence-corrected chi connectivity index (χ0v) is 18.1. The van der Waals surface area contributed by atoms with Crippen molar-refractivity contribution < 1.29 is 9.53 Å². The molecule has 1 fully saturated rings. The number of carbonyl (C=O) groups is 1. The van der Waals surface area contributed by atoms with Crippen LogP contribution in [0.5, 0.6) is 5.75 Å². The minimum atomic E-state index is -0.00678. The van der Waals surface area contributed by atoms with Crippen LogP contribution in [0.15, 0.2) is 29.4 Å². The standard InChI is InChI=1S/C23H21N5O2S/c1-12-22(30-14-4-5-14)17(8-24)23(31-12)21-18(10-27-28(21)2)13-3-6-15-16(7-13)19(9-25)26-11-20(15)29/h3,6-7,10,14H,4-5,9,11,25H2,1-2H3. The lowest BCUT2D eigenvalue weighted by atomic mass is 9.92. The zero-order valence-electron chi connectivity index (χ0n) is 17.3. The van der Waals surface area contributed by atoms with Crippen molar-refractivity contribution in [2.24, 2.45) is 17.8 Å². The lowest BCUT2D eigenvalue weighted by Gasteiger charge is -2.16. The molecule has 0 amide bonds. The van der Waals surface area contributed by atoms with Crippen molar-refractivity contribution in [1.29, 1.82) is 5.26 Å². The third-order valence-electron chi connectivity index (χ3n) is 5.65. The van der Waals surface area contributed by atoms with Gasteiger partial charge in [-0.15, -0.1) is 11.3 Å². The van der Waals surface area contributed by atoms with Gasteiger partial charge in [0.1, 0.15) is 18.2 Å². The number of ketones is 1. The maximum absolute atomic E-state index is 12.3. The van der Waals surface area contributed by atoms with Gasteiger partial charge in [0, 0.05) is 35.2 Å². The highest BCUT2D eigenvalue weighted by Crippen LogP contribution is 2.45. The maximum atomic E-state index is 12.3. The Hall–Kier alpha value is -3.28. The number of nitrogens with two attached hydrogens (primary N) is 1. The molecule has 2 aliphatic rings. The molecule has 8 heteroatoms. The number of hydrogen-bond acceptors (Lipinski definition) is 7. The molecule has 2 N–H and O–H groups in total. The van der Waals surface area contributed by atoms with Crippen LogP contribution < -0.4 is 10.5 Å². The Kier molecular flexibility index (Phi) is 4.73. The molecule has 1 aliphatic heterocycles. The van der Waals surface area contributed by atoms with E-state index in [1.807, 2.05) is 32.2 Å². The van der Waals surface area contributed by atoms with E-state index in [0.717, 1.165) is 50.7 Å². The number of hydrogen-bond donors (Lipinski definition) is 1. The van der Waals surface area contributed by atoms with Gasteiger partial charge >= 0.3 is 0 Å². The van der Waals surface area contributed by atoms with E-state index in [-0.39, 0.29) is 25.0 Å². The summed E-state index contributed by atoms with van der Waals surface area (Å²) in [5, 5.41) is 14.4. The number of nitriles is 1. The monoisotopic (exact) mass is 431 g/mol. The minimum absolute atomic E-state index is 0.00678. The summed E-state index contributed by atoms with van der Waals surface area (Å²) in [6.45, 7) is 2.40. The summed E-state index contributed by atoms with van der Waals surface area (Å²) < 4.78 is 7.83. The summed E-state index contributed by atoms with van der Waals surface area (Å²) in [6, 6.07) is 8.05. The second-order valence-electron chi connectivity index (χ2n) is 7.80. The van der Waals surface area contributed by atoms with Crippen LogP contribution in [0.1, 0.15) is 39.2 Å². The molecule has 1 aliphatic carbocycles. The van der Waals surface area contributed by atoms with Gasteiger partial charge < -0.3 is 10.5 Å². The Bertz CT molecular complexity index is 1290. The highest BCUT2D eigenvalue weighted by atomic mass is 32.1. The molecule has 2 aromatic heterocycles. The number of fused-ring (bicyclic) bond motifs is 1. The maximum Gasteiger partial charge on any atom is 0.184 e. The van der Waals surface area contributed by atoms with Crippen LogP contribution in [0, 0.1) is 18.3 Å². The van der Waals surface area contributed by atoms with E-state index in [9.17, 15) is 10.1 Å². The van der Waals surface area contributed by atoms with Crippen LogP contribution in [0.2, 0.25) is 0 Å². The van der Waals surface area contributed by atoms with Crippen molar-refractivity contribution in [3.63, 3.8) is 0 Å². The number of aromatic nitrogens is 2. The van der Waals surface area contributed by atoms with Crippen LogP contribution in [-0.4, -0.2) is 40.5 Å². The molecule has 1 saturated carbocycles. The van der Waals surface area contributed by atoms with Gasteiger partial charge in [-0.2, -0.15) is 10.4 Å². The number of aliphatic imine (C=N–C) groups is 1. The number of carbonyl (C=O) groups excluding carboxylic acids is 1. The molecular formula is C23H21N5O2S. The van der Waals surface area contributed by atoms with Crippen molar-refractivity contribution in [3.05, 3.63) is 46.0 Å². The number of ether oxygens (including phenoxy) is 1. The van der Waals surface area contributed by atoms with Crippen LogP contribution in [0.25, 0.3) is 21.7 Å². The van der Waals surface area contributed by atoms with Crippen LogP contribution in [-0.2, 0) is 7.05 Å². The fourth-order valence-corrected chi connectivity index (χ4v) is 5.04. The first-order valence-corrected chi connectivity index (χ1v) is 11.0. The Morgan fingerprint density at radius 3 is 2.84 bits per heavy atom. The number of thiophene rings is 1. The smallest absolute Gasteiger partial charge is 0.184 e. The molecule has 0 unspecified atom stereocenters. The lowest BCUT2D eigenvalue weighted by molar-refractivity contribution is 0.1000. The Morgan fingerprint density at radius 1 is 1.32 bits per heavy atom. The second kappa shape index (κ2) is 7.45. The summed E-state index contributed by atoms with van der Waals surface area (Å²) in [5.41, 5.74) is 11.2.